The van der Waals surface area contributed by atoms with Gasteiger partial charge in [0.2, 0.25) is 5.91 Å². The van der Waals surface area contributed by atoms with Gasteiger partial charge < -0.3 is 19.3 Å². The molecule has 1 amide bonds. The molecule has 0 spiro atoms. The largest absolute Gasteiger partial charge is 0.493 e. The third-order valence-electron chi connectivity index (χ3n) is 5.05. The smallest absolute Gasteiger partial charge is 0.222 e. The molecule has 3 rings (SSSR count). The average molecular weight is 332 g/mol. The summed E-state index contributed by atoms with van der Waals surface area (Å²) in [6, 6.07) is 7.65. The second-order valence-electron chi connectivity index (χ2n) is 7.00. The third kappa shape index (κ3) is 4.20. The Balaban J connectivity index is 1.39. The lowest BCUT2D eigenvalue weighted by Crippen LogP contribution is -2.56. The Labute approximate surface area is 144 Å². The van der Waals surface area contributed by atoms with Gasteiger partial charge in [0.25, 0.3) is 0 Å². The Morgan fingerprint density at radius 2 is 1.96 bits per heavy atom. The first-order chi connectivity index (χ1) is 11.7. The summed E-state index contributed by atoms with van der Waals surface area (Å²) in [5.74, 6) is 2.43. The van der Waals surface area contributed by atoms with Crippen LogP contribution in [0.3, 0.4) is 0 Å². The lowest BCUT2D eigenvalue weighted by atomic mass is 9.93. The number of likely N-dealkylation sites (tertiary alicyclic amines) is 2. The van der Waals surface area contributed by atoms with Crippen molar-refractivity contribution >= 4 is 5.91 Å². The summed E-state index contributed by atoms with van der Waals surface area (Å²) in [6.07, 6.45) is 4.27. The topological polar surface area (TPSA) is 42.0 Å². The zero-order chi connectivity index (χ0) is 16.9. The molecule has 2 saturated heterocycles. The van der Waals surface area contributed by atoms with E-state index in [1.54, 1.807) is 7.11 Å². The molecule has 2 aliphatic heterocycles. The molecule has 0 bridgehead atoms. The van der Waals surface area contributed by atoms with Crippen molar-refractivity contribution in [2.45, 2.75) is 31.8 Å². The van der Waals surface area contributed by atoms with Crippen LogP contribution in [0.1, 0.15) is 25.7 Å². The van der Waals surface area contributed by atoms with Crippen molar-refractivity contribution in [1.29, 1.82) is 0 Å². The number of ether oxygens (including phenoxy) is 2. The molecule has 0 radical (unpaired) electrons. The van der Waals surface area contributed by atoms with E-state index < -0.39 is 0 Å². The van der Waals surface area contributed by atoms with Gasteiger partial charge in [0.1, 0.15) is 6.10 Å². The van der Waals surface area contributed by atoms with Crippen LogP contribution in [-0.2, 0) is 4.79 Å². The number of carbonyl (C=O) groups excluding carboxylic acids is 1. The van der Waals surface area contributed by atoms with Gasteiger partial charge in [-0.15, -0.1) is 0 Å². The van der Waals surface area contributed by atoms with Crippen LogP contribution >= 0.6 is 0 Å². The number of benzene rings is 1. The predicted octanol–water partition coefficient (Wildman–Crippen LogP) is 2.41. The van der Waals surface area contributed by atoms with Gasteiger partial charge in [-0.2, -0.15) is 0 Å². The fourth-order valence-electron chi connectivity index (χ4n) is 3.61. The highest BCUT2D eigenvalue weighted by molar-refractivity contribution is 5.77. The number of rotatable bonds is 6. The minimum absolute atomic E-state index is 0.0751. The summed E-state index contributed by atoms with van der Waals surface area (Å²) in [5.41, 5.74) is 0. The maximum Gasteiger partial charge on any atom is 0.222 e. The number of hydrogen-bond donors (Lipinski definition) is 0. The van der Waals surface area contributed by atoms with Crippen LogP contribution in [0.2, 0.25) is 0 Å². The number of carbonyl (C=O) groups is 1. The van der Waals surface area contributed by atoms with Gasteiger partial charge >= 0.3 is 0 Å². The molecule has 0 N–H and O–H groups in total. The molecule has 5 heteroatoms. The molecule has 0 unspecified atom stereocenters. The van der Waals surface area contributed by atoms with Crippen LogP contribution in [-0.4, -0.2) is 62.1 Å². The summed E-state index contributed by atoms with van der Waals surface area (Å²) >= 11 is 0. The van der Waals surface area contributed by atoms with Crippen LogP contribution in [0.5, 0.6) is 11.5 Å². The second kappa shape index (κ2) is 7.88. The van der Waals surface area contributed by atoms with E-state index >= 15 is 0 Å². The Hall–Kier alpha value is -1.75. The summed E-state index contributed by atoms with van der Waals surface area (Å²) < 4.78 is 11.2. The molecular formula is C19H28N2O3. The van der Waals surface area contributed by atoms with Crippen LogP contribution in [0.25, 0.3) is 0 Å². The molecule has 0 aromatic heterocycles. The summed E-state index contributed by atoms with van der Waals surface area (Å²) in [4.78, 5) is 16.6. The lowest BCUT2D eigenvalue weighted by molar-refractivity contribution is -0.140. The molecule has 2 fully saturated rings. The average Bonchev–Trinajstić information content (AvgIpc) is 2.56. The van der Waals surface area contributed by atoms with Crippen molar-refractivity contribution in [3.8, 4) is 11.5 Å². The second-order valence-corrected chi connectivity index (χ2v) is 7.00. The van der Waals surface area contributed by atoms with Crippen molar-refractivity contribution < 1.29 is 14.3 Å². The van der Waals surface area contributed by atoms with Crippen LogP contribution in [0, 0.1) is 5.92 Å². The van der Waals surface area contributed by atoms with E-state index in [0.29, 0.717) is 25.4 Å². The van der Waals surface area contributed by atoms with Gasteiger partial charge in [0.05, 0.1) is 20.2 Å². The third-order valence-corrected chi connectivity index (χ3v) is 5.05. The molecule has 1 atom stereocenters. The van der Waals surface area contributed by atoms with Crippen molar-refractivity contribution in [3.05, 3.63) is 24.3 Å². The number of para-hydroxylation sites is 2. The van der Waals surface area contributed by atoms with E-state index in [-0.39, 0.29) is 12.0 Å². The van der Waals surface area contributed by atoms with Gasteiger partial charge in [-0.05, 0) is 50.9 Å². The summed E-state index contributed by atoms with van der Waals surface area (Å²) in [5, 5.41) is 0. The van der Waals surface area contributed by atoms with Crippen molar-refractivity contribution in [1.82, 2.24) is 9.80 Å². The summed E-state index contributed by atoms with van der Waals surface area (Å²) in [6.45, 7) is 3.69. The van der Waals surface area contributed by atoms with Gasteiger partial charge in [0.15, 0.2) is 11.5 Å². The zero-order valence-electron chi connectivity index (χ0n) is 14.7. The van der Waals surface area contributed by atoms with E-state index in [2.05, 4.69) is 11.9 Å². The van der Waals surface area contributed by atoms with Gasteiger partial charge in [0, 0.05) is 13.0 Å². The van der Waals surface area contributed by atoms with E-state index in [9.17, 15) is 4.79 Å². The predicted molar refractivity (Wildman–Crippen MR) is 93.4 cm³/mol. The van der Waals surface area contributed by atoms with Gasteiger partial charge in [-0.1, -0.05) is 12.1 Å². The van der Waals surface area contributed by atoms with Crippen molar-refractivity contribution in [2.24, 2.45) is 5.92 Å². The van der Waals surface area contributed by atoms with Gasteiger partial charge in [-0.3, -0.25) is 4.79 Å². The Bertz CT molecular complexity index is 557. The molecule has 0 aliphatic carbocycles. The lowest BCUT2D eigenvalue weighted by Gasteiger charge is -2.39. The highest BCUT2D eigenvalue weighted by Crippen LogP contribution is 2.29. The minimum atomic E-state index is 0.0751. The van der Waals surface area contributed by atoms with E-state index in [1.807, 2.05) is 29.2 Å². The molecule has 1 aromatic carbocycles. The van der Waals surface area contributed by atoms with Crippen LogP contribution in [0.4, 0.5) is 0 Å². The Kier molecular flexibility index (Phi) is 5.61. The Morgan fingerprint density at radius 3 is 2.67 bits per heavy atom. The Morgan fingerprint density at radius 1 is 1.21 bits per heavy atom. The number of amides is 1. The zero-order valence-corrected chi connectivity index (χ0v) is 14.7. The molecule has 2 heterocycles. The standard InChI is InChI=1S/C19H28N2O3/c1-20-11-5-6-15(12-20)9-10-19(22)21-13-16(14-21)24-18-8-4-3-7-17(18)23-2/h3-4,7-8,15-16H,5-6,9-14H2,1-2H3/t15-/m1/s1. The molecule has 24 heavy (non-hydrogen) atoms. The first kappa shape index (κ1) is 17.1. The first-order valence-electron chi connectivity index (χ1n) is 8.91. The highest BCUT2D eigenvalue weighted by atomic mass is 16.5. The maximum atomic E-state index is 12.3. The number of piperidine rings is 1. The molecule has 0 saturated carbocycles. The van der Waals surface area contributed by atoms with E-state index in [0.717, 1.165) is 24.5 Å². The summed E-state index contributed by atoms with van der Waals surface area (Å²) in [7, 11) is 3.81. The van der Waals surface area contributed by atoms with Crippen LogP contribution < -0.4 is 9.47 Å². The van der Waals surface area contributed by atoms with Crippen LogP contribution in [0.15, 0.2) is 24.3 Å². The van der Waals surface area contributed by atoms with E-state index in [4.69, 9.17) is 9.47 Å². The molecule has 2 aliphatic rings. The quantitative estimate of drug-likeness (QED) is 0.802. The number of methoxy groups -OCH3 is 1. The fourth-order valence-corrected chi connectivity index (χ4v) is 3.61. The SMILES string of the molecule is COc1ccccc1OC1CN(C(=O)CC[C@H]2CCCN(C)C2)C1. The number of hydrogen-bond acceptors (Lipinski definition) is 4. The number of nitrogens with zero attached hydrogens (tertiary/aromatic N) is 2. The minimum Gasteiger partial charge on any atom is -0.493 e. The molecule has 5 nitrogen and oxygen atoms in total. The fraction of sp³-hybridized carbons (Fsp3) is 0.632. The van der Waals surface area contributed by atoms with Gasteiger partial charge in [-0.25, -0.2) is 0 Å². The molecule has 132 valence electrons. The highest BCUT2D eigenvalue weighted by Gasteiger charge is 2.32. The molecular weight excluding hydrogens is 304 g/mol. The monoisotopic (exact) mass is 332 g/mol. The van der Waals surface area contributed by atoms with Crippen molar-refractivity contribution in [3.63, 3.8) is 0 Å². The normalized spacial score (nSPS) is 22.1. The molecule has 1 aromatic rings. The maximum absolute atomic E-state index is 12.3. The first-order valence-corrected chi connectivity index (χ1v) is 8.91. The van der Waals surface area contributed by atoms with E-state index in [1.165, 1.54) is 19.4 Å². The van der Waals surface area contributed by atoms with Crippen molar-refractivity contribution in [2.75, 3.05) is 40.3 Å².